The molecule has 0 bridgehead atoms. The first-order valence-electron chi connectivity index (χ1n) is 7.12. The van der Waals surface area contributed by atoms with Gasteiger partial charge >= 0.3 is 8.80 Å². The fraction of sp³-hybridized carbons (Fsp3) is 0.923. The molecule has 0 saturated carbocycles. The normalized spacial score (nSPS) is 11.8. The van der Waals surface area contributed by atoms with Crippen LogP contribution in [-0.4, -0.2) is 47.0 Å². The van der Waals surface area contributed by atoms with Gasteiger partial charge in [0.15, 0.2) is 0 Å². The van der Waals surface area contributed by atoms with Crippen LogP contribution in [0.15, 0.2) is 0 Å². The van der Waals surface area contributed by atoms with E-state index in [1.54, 1.807) is 0 Å². The lowest BCUT2D eigenvalue weighted by molar-refractivity contribution is -0.106. The Balaban J connectivity index is 0. The van der Waals surface area contributed by atoms with E-state index in [2.05, 4.69) is 5.73 Å². The lowest BCUT2D eigenvalue weighted by Crippen LogP contribution is -2.50. The van der Waals surface area contributed by atoms with Crippen LogP contribution in [0, 0.1) is 0 Å². The van der Waals surface area contributed by atoms with Gasteiger partial charge < -0.3 is 29.5 Å². The summed E-state index contributed by atoms with van der Waals surface area (Å²) in [5.41, 5.74) is 9.96. The van der Waals surface area contributed by atoms with Gasteiger partial charge in [0.05, 0.1) is 5.60 Å². The molecule has 20 heavy (non-hydrogen) atoms. The summed E-state index contributed by atoms with van der Waals surface area (Å²) in [7, 11) is -2.53. The van der Waals surface area contributed by atoms with E-state index in [9.17, 15) is 0 Å². The highest BCUT2D eigenvalue weighted by atomic mass is 28.4. The van der Waals surface area contributed by atoms with E-state index < -0.39 is 8.80 Å². The Morgan fingerprint density at radius 1 is 1.10 bits per heavy atom. The van der Waals surface area contributed by atoms with Crippen molar-refractivity contribution in [2.75, 3.05) is 26.3 Å². The predicted octanol–water partition coefficient (Wildman–Crippen LogP) is 1.31. The van der Waals surface area contributed by atoms with E-state index in [0.29, 0.717) is 26.0 Å². The maximum Gasteiger partial charge on any atom is 0.501 e. The zero-order valence-electron chi connectivity index (χ0n) is 13.6. The predicted molar refractivity (Wildman–Crippen MR) is 83.4 cm³/mol. The fourth-order valence-corrected chi connectivity index (χ4v) is 4.56. The molecule has 0 atom stereocenters. The van der Waals surface area contributed by atoms with Crippen molar-refractivity contribution in [3.05, 3.63) is 0 Å². The van der Waals surface area contributed by atoms with Gasteiger partial charge in [0.1, 0.15) is 6.29 Å². The van der Waals surface area contributed by atoms with Gasteiger partial charge in [0.2, 0.25) is 0 Å². The van der Waals surface area contributed by atoms with Gasteiger partial charge in [-0.15, -0.1) is 0 Å². The van der Waals surface area contributed by atoms with Crippen LogP contribution in [0.3, 0.4) is 0 Å². The van der Waals surface area contributed by atoms with Gasteiger partial charge in [0.25, 0.3) is 0 Å². The molecule has 0 saturated heterocycles. The van der Waals surface area contributed by atoms with Crippen LogP contribution in [0.5, 0.6) is 0 Å². The van der Waals surface area contributed by atoms with E-state index in [1.807, 2.05) is 34.6 Å². The second-order valence-corrected chi connectivity index (χ2v) is 7.71. The molecule has 0 aromatic carbocycles. The largest absolute Gasteiger partial charge is 0.501 e. The molecule has 7 heteroatoms. The summed E-state index contributed by atoms with van der Waals surface area (Å²) in [4.78, 5) is 9.05. The SMILES string of the molecule is CCO[Si](CCCN)(OCC)OC(C)(C)C.NCC=O. The Morgan fingerprint density at radius 2 is 1.55 bits per heavy atom. The summed E-state index contributed by atoms with van der Waals surface area (Å²) in [5, 5.41) is 0. The molecular weight excluding hydrogens is 276 g/mol. The fourth-order valence-electron chi connectivity index (χ4n) is 1.52. The van der Waals surface area contributed by atoms with Gasteiger partial charge in [-0.3, -0.25) is 0 Å². The van der Waals surface area contributed by atoms with Crippen LogP contribution in [-0.2, 0) is 18.1 Å². The molecule has 122 valence electrons. The van der Waals surface area contributed by atoms with Crippen LogP contribution in [0.25, 0.3) is 0 Å². The van der Waals surface area contributed by atoms with Crippen molar-refractivity contribution in [2.45, 2.75) is 52.7 Å². The average Bonchev–Trinajstić information content (AvgIpc) is 2.35. The molecule has 0 rings (SSSR count). The molecule has 0 aliphatic rings. The molecule has 6 nitrogen and oxygen atoms in total. The third-order valence-electron chi connectivity index (χ3n) is 1.97. The van der Waals surface area contributed by atoms with Crippen molar-refractivity contribution in [1.82, 2.24) is 0 Å². The monoisotopic (exact) mass is 308 g/mol. The smallest absolute Gasteiger partial charge is 0.374 e. The summed E-state index contributed by atoms with van der Waals surface area (Å²) < 4.78 is 17.6. The maximum absolute atomic E-state index is 9.05. The second-order valence-electron chi connectivity index (χ2n) is 5.06. The Hall–Kier alpha value is -0.313. The Morgan fingerprint density at radius 3 is 1.80 bits per heavy atom. The third-order valence-corrected chi connectivity index (χ3v) is 5.32. The minimum atomic E-state index is -2.53. The minimum Gasteiger partial charge on any atom is -0.374 e. The van der Waals surface area contributed by atoms with Crippen molar-refractivity contribution < 1.29 is 18.1 Å². The van der Waals surface area contributed by atoms with E-state index in [0.717, 1.165) is 12.5 Å². The van der Waals surface area contributed by atoms with Crippen LogP contribution < -0.4 is 11.5 Å². The number of rotatable bonds is 9. The first-order valence-corrected chi connectivity index (χ1v) is 9.05. The standard InChI is InChI=1S/C11H27NO3Si.C2H5NO/c1-6-13-16(14-7-2,10-8-9-12)15-11(3,4)5;3-1-2-4/h6-10,12H2,1-5H3;2H,1,3H2. The molecule has 0 radical (unpaired) electrons. The molecule has 0 aromatic heterocycles. The maximum atomic E-state index is 9.05. The van der Waals surface area contributed by atoms with Gasteiger partial charge in [-0.25, -0.2) is 0 Å². The summed E-state index contributed by atoms with van der Waals surface area (Å²) in [5.74, 6) is 0. The van der Waals surface area contributed by atoms with Gasteiger partial charge in [-0.2, -0.15) is 0 Å². The number of hydrogen-bond donors (Lipinski definition) is 2. The lowest BCUT2D eigenvalue weighted by atomic mass is 10.2. The molecule has 0 spiro atoms. The summed E-state index contributed by atoms with van der Waals surface area (Å²) in [6.45, 7) is 12.0. The highest BCUT2D eigenvalue weighted by Gasteiger charge is 2.43. The molecule has 0 aliphatic heterocycles. The number of carbonyl (C=O) groups is 1. The Kier molecular flexibility index (Phi) is 13.7. The Labute approximate surface area is 124 Å². The second kappa shape index (κ2) is 12.4. The first-order chi connectivity index (χ1) is 9.30. The zero-order chi connectivity index (χ0) is 16.1. The number of hydrogen-bond acceptors (Lipinski definition) is 6. The number of carbonyl (C=O) groups excluding carboxylic acids is 1. The zero-order valence-corrected chi connectivity index (χ0v) is 14.6. The van der Waals surface area contributed by atoms with Crippen molar-refractivity contribution in [1.29, 1.82) is 0 Å². The molecule has 0 aliphatic carbocycles. The minimum absolute atomic E-state index is 0.139. The number of aldehydes is 1. The van der Waals surface area contributed by atoms with Crippen LogP contribution in [0.1, 0.15) is 41.0 Å². The van der Waals surface area contributed by atoms with Crippen LogP contribution in [0.2, 0.25) is 6.04 Å². The highest BCUT2D eigenvalue weighted by molar-refractivity contribution is 6.60. The molecule has 0 amide bonds. The van der Waals surface area contributed by atoms with Gasteiger partial charge in [-0.1, -0.05) is 0 Å². The van der Waals surface area contributed by atoms with E-state index in [-0.39, 0.29) is 12.1 Å². The topological polar surface area (TPSA) is 96.8 Å². The molecule has 4 N–H and O–H groups in total. The summed E-state index contributed by atoms with van der Waals surface area (Å²) in [6.07, 6.45) is 1.53. The van der Waals surface area contributed by atoms with Gasteiger partial charge in [-0.05, 0) is 47.6 Å². The molecule has 0 heterocycles. The van der Waals surface area contributed by atoms with E-state index >= 15 is 0 Å². The van der Waals surface area contributed by atoms with Crippen molar-refractivity contribution >= 4 is 15.1 Å². The highest BCUT2D eigenvalue weighted by Crippen LogP contribution is 2.24. The van der Waals surface area contributed by atoms with Crippen molar-refractivity contribution in [3.8, 4) is 0 Å². The van der Waals surface area contributed by atoms with Crippen molar-refractivity contribution in [3.63, 3.8) is 0 Å². The van der Waals surface area contributed by atoms with E-state index in [4.69, 9.17) is 23.8 Å². The summed E-state index contributed by atoms with van der Waals surface area (Å²) in [6, 6.07) is 0.794. The van der Waals surface area contributed by atoms with Crippen LogP contribution >= 0.6 is 0 Å². The third kappa shape index (κ3) is 12.7. The molecule has 0 fully saturated rings. The first kappa shape index (κ1) is 22.0. The summed E-state index contributed by atoms with van der Waals surface area (Å²) >= 11 is 0. The van der Waals surface area contributed by atoms with Crippen LogP contribution in [0.4, 0.5) is 0 Å². The molecule has 0 unspecified atom stereocenters. The quantitative estimate of drug-likeness (QED) is 0.492. The van der Waals surface area contributed by atoms with E-state index in [1.165, 1.54) is 0 Å². The van der Waals surface area contributed by atoms with Crippen molar-refractivity contribution in [2.24, 2.45) is 11.5 Å². The van der Waals surface area contributed by atoms with Gasteiger partial charge in [0, 0.05) is 25.8 Å². The lowest BCUT2D eigenvalue weighted by Gasteiger charge is -2.35. The molecular formula is C13H32N2O4Si. The molecule has 0 aromatic rings. The number of nitrogens with two attached hydrogens (primary N) is 2. The average molecular weight is 308 g/mol. The Bertz CT molecular complexity index is 229.